The maximum absolute atomic E-state index is 12.0. The molecule has 0 saturated carbocycles. The molecule has 0 unspecified atom stereocenters. The summed E-state index contributed by atoms with van der Waals surface area (Å²) in [6.45, 7) is 7.48. The highest BCUT2D eigenvalue weighted by molar-refractivity contribution is 7.89. The van der Waals surface area contributed by atoms with Gasteiger partial charge < -0.3 is 15.1 Å². The predicted octanol–water partition coefficient (Wildman–Crippen LogP) is -0.145. The fourth-order valence-corrected chi connectivity index (χ4v) is 4.27. The van der Waals surface area contributed by atoms with Gasteiger partial charge in [-0.05, 0) is 20.9 Å². The quantitative estimate of drug-likeness (QED) is 0.666. The Balaban J connectivity index is 1.80. The molecule has 2 N–H and O–H groups in total. The standard InChI is InChI=1S/C16H28N8O2S/c1-12(2)21-27(25,26)10-5-17-15-14-13(11-18-23(14)4)19-16(20-15)24-8-6-22(3)7-9-24/h11-12,21H,5-10H2,1-4H3,(H,17,19,20). The van der Waals surface area contributed by atoms with Crippen molar-refractivity contribution in [3.05, 3.63) is 6.20 Å². The van der Waals surface area contributed by atoms with E-state index in [1.54, 1.807) is 24.7 Å². The van der Waals surface area contributed by atoms with Crippen molar-refractivity contribution in [1.29, 1.82) is 0 Å². The minimum absolute atomic E-state index is 0.0294. The first kappa shape index (κ1) is 19.8. The van der Waals surface area contributed by atoms with Crippen molar-refractivity contribution < 1.29 is 8.42 Å². The number of anilines is 2. The maximum atomic E-state index is 12.0. The van der Waals surface area contributed by atoms with E-state index in [0.717, 1.165) is 37.2 Å². The lowest BCUT2D eigenvalue weighted by molar-refractivity contribution is 0.311. The van der Waals surface area contributed by atoms with Crippen LogP contribution in [0.2, 0.25) is 0 Å². The Morgan fingerprint density at radius 2 is 1.85 bits per heavy atom. The van der Waals surface area contributed by atoms with Crippen LogP contribution in [0, 0.1) is 0 Å². The van der Waals surface area contributed by atoms with E-state index < -0.39 is 10.0 Å². The average molecular weight is 397 g/mol. The summed E-state index contributed by atoms with van der Waals surface area (Å²) < 4.78 is 28.4. The van der Waals surface area contributed by atoms with Gasteiger partial charge in [0.2, 0.25) is 16.0 Å². The van der Waals surface area contributed by atoms with Crippen LogP contribution in [-0.4, -0.2) is 84.6 Å². The number of aromatic nitrogens is 4. The second kappa shape index (κ2) is 7.95. The van der Waals surface area contributed by atoms with Gasteiger partial charge in [0.25, 0.3) is 0 Å². The largest absolute Gasteiger partial charge is 0.367 e. The van der Waals surface area contributed by atoms with Gasteiger partial charge in [0.1, 0.15) is 11.0 Å². The van der Waals surface area contributed by atoms with E-state index in [1.807, 2.05) is 7.05 Å². The number of nitrogens with one attached hydrogen (secondary N) is 2. The van der Waals surface area contributed by atoms with Crippen LogP contribution in [0.1, 0.15) is 13.8 Å². The molecule has 0 bridgehead atoms. The molecule has 0 aliphatic carbocycles. The lowest BCUT2D eigenvalue weighted by Crippen LogP contribution is -2.45. The third-order valence-electron chi connectivity index (χ3n) is 4.44. The SMILES string of the molecule is CC(C)NS(=O)(=O)CCNc1nc(N2CCN(C)CC2)nc2cnn(C)c12. The fourth-order valence-electron chi connectivity index (χ4n) is 3.06. The molecule has 27 heavy (non-hydrogen) atoms. The summed E-state index contributed by atoms with van der Waals surface area (Å²) in [5, 5.41) is 7.43. The molecule has 0 radical (unpaired) electrons. The molecule has 150 valence electrons. The number of hydrogen-bond acceptors (Lipinski definition) is 8. The van der Waals surface area contributed by atoms with Crippen LogP contribution in [0.5, 0.6) is 0 Å². The van der Waals surface area contributed by atoms with Gasteiger partial charge in [0.15, 0.2) is 5.82 Å². The molecular formula is C16H28N8O2S. The fraction of sp³-hybridized carbons (Fsp3) is 0.688. The lowest BCUT2D eigenvalue weighted by atomic mass is 10.3. The van der Waals surface area contributed by atoms with E-state index in [2.05, 4.69) is 42.0 Å². The zero-order valence-electron chi connectivity index (χ0n) is 16.3. The van der Waals surface area contributed by atoms with Gasteiger partial charge in [-0.15, -0.1) is 0 Å². The van der Waals surface area contributed by atoms with Gasteiger partial charge in [-0.25, -0.2) is 18.1 Å². The Labute approximate surface area is 160 Å². The van der Waals surface area contributed by atoms with Gasteiger partial charge in [0, 0.05) is 45.8 Å². The van der Waals surface area contributed by atoms with Gasteiger partial charge in [-0.3, -0.25) is 4.68 Å². The Kier molecular flexibility index (Phi) is 5.82. The molecule has 1 aliphatic rings. The van der Waals surface area contributed by atoms with Crippen LogP contribution in [0.3, 0.4) is 0 Å². The molecule has 1 fully saturated rings. The van der Waals surface area contributed by atoms with Crippen molar-refractivity contribution in [2.75, 3.05) is 55.7 Å². The molecule has 1 aliphatic heterocycles. The second-order valence-electron chi connectivity index (χ2n) is 7.18. The monoisotopic (exact) mass is 396 g/mol. The Hall–Kier alpha value is -1.98. The molecule has 11 heteroatoms. The van der Waals surface area contributed by atoms with Crippen molar-refractivity contribution in [2.24, 2.45) is 7.05 Å². The Morgan fingerprint density at radius 3 is 2.52 bits per heavy atom. The van der Waals surface area contributed by atoms with Crippen molar-refractivity contribution in [3.8, 4) is 0 Å². The number of hydrogen-bond donors (Lipinski definition) is 2. The molecule has 0 spiro atoms. The zero-order chi connectivity index (χ0) is 19.6. The van der Waals surface area contributed by atoms with E-state index >= 15 is 0 Å². The first-order chi connectivity index (χ1) is 12.7. The van der Waals surface area contributed by atoms with Crippen molar-refractivity contribution >= 4 is 32.8 Å². The average Bonchev–Trinajstić information content (AvgIpc) is 2.95. The lowest BCUT2D eigenvalue weighted by Gasteiger charge is -2.32. The summed E-state index contributed by atoms with van der Waals surface area (Å²) in [5.41, 5.74) is 1.51. The Bertz CT molecular complexity index is 887. The molecule has 0 atom stereocenters. The van der Waals surface area contributed by atoms with E-state index in [1.165, 1.54) is 0 Å². The number of piperazine rings is 1. The summed E-state index contributed by atoms with van der Waals surface area (Å²) in [4.78, 5) is 13.7. The van der Waals surface area contributed by atoms with Gasteiger partial charge in [-0.2, -0.15) is 10.1 Å². The Morgan fingerprint density at radius 1 is 1.15 bits per heavy atom. The number of rotatable bonds is 7. The van der Waals surface area contributed by atoms with Gasteiger partial charge in [0.05, 0.1) is 11.9 Å². The van der Waals surface area contributed by atoms with Gasteiger partial charge in [-0.1, -0.05) is 0 Å². The first-order valence-corrected chi connectivity index (χ1v) is 10.8. The normalized spacial score (nSPS) is 16.4. The number of sulfonamides is 1. The number of likely N-dealkylation sites (N-methyl/N-ethyl adjacent to an activating group) is 1. The minimum Gasteiger partial charge on any atom is -0.367 e. The molecular weight excluding hydrogens is 368 g/mol. The molecule has 0 aromatic carbocycles. The van der Waals surface area contributed by atoms with Crippen LogP contribution < -0.4 is 14.9 Å². The molecule has 3 heterocycles. The van der Waals surface area contributed by atoms with Crippen molar-refractivity contribution in [3.63, 3.8) is 0 Å². The smallest absolute Gasteiger partial charge is 0.228 e. The summed E-state index contributed by atoms with van der Waals surface area (Å²) >= 11 is 0. The van der Waals surface area contributed by atoms with Gasteiger partial charge >= 0.3 is 0 Å². The van der Waals surface area contributed by atoms with Crippen molar-refractivity contribution in [2.45, 2.75) is 19.9 Å². The number of fused-ring (bicyclic) bond motifs is 1. The topological polar surface area (TPSA) is 108 Å². The third-order valence-corrected chi connectivity index (χ3v) is 6.01. The summed E-state index contributed by atoms with van der Waals surface area (Å²) in [5.74, 6) is 1.22. The van der Waals surface area contributed by atoms with E-state index in [9.17, 15) is 8.42 Å². The minimum atomic E-state index is -3.33. The maximum Gasteiger partial charge on any atom is 0.228 e. The van der Waals surface area contributed by atoms with E-state index in [-0.39, 0.29) is 18.3 Å². The third kappa shape index (κ3) is 4.85. The second-order valence-corrected chi connectivity index (χ2v) is 9.06. The van der Waals surface area contributed by atoms with Crippen LogP contribution >= 0.6 is 0 Å². The summed E-state index contributed by atoms with van der Waals surface area (Å²) in [6, 6.07) is -0.123. The van der Waals surface area contributed by atoms with E-state index in [0.29, 0.717) is 11.8 Å². The zero-order valence-corrected chi connectivity index (χ0v) is 17.1. The van der Waals surface area contributed by atoms with Crippen molar-refractivity contribution in [1.82, 2.24) is 29.4 Å². The molecule has 10 nitrogen and oxygen atoms in total. The molecule has 2 aromatic rings. The highest BCUT2D eigenvalue weighted by Crippen LogP contribution is 2.23. The molecule has 2 aromatic heterocycles. The van der Waals surface area contributed by atoms with Crippen LogP contribution in [0.15, 0.2) is 6.20 Å². The molecule has 3 rings (SSSR count). The summed E-state index contributed by atoms with van der Waals surface area (Å²) in [6.07, 6.45) is 1.71. The summed E-state index contributed by atoms with van der Waals surface area (Å²) in [7, 11) is 0.589. The first-order valence-electron chi connectivity index (χ1n) is 9.12. The number of aryl methyl sites for hydroxylation is 1. The van der Waals surface area contributed by atoms with Crippen LogP contribution in [0.4, 0.5) is 11.8 Å². The highest BCUT2D eigenvalue weighted by Gasteiger charge is 2.20. The predicted molar refractivity (Wildman–Crippen MR) is 107 cm³/mol. The van der Waals surface area contributed by atoms with Crippen LogP contribution in [0.25, 0.3) is 11.0 Å². The molecule has 1 saturated heterocycles. The molecule has 0 amide bonds. The highest BCUT2D eigenvalue weighted by atomic mass is 32.2. The number of nitrogens with zero attached hydrogens (tertiary/aromatic N) is 6. The van der Waals surface area contributed by atoms with Crippen LogP contribution in [-0.2, 0) is 17.1 Å². The van der Waals surface area contributed by atoms with E-state index in [4.69, 9.17) is 0 Å².